The quantitative estimate of drug-likeness (QED) is 0.667. The number of aromatic nitrogens is 2. The number of aliphatic hydroxyl groups is 1. The van der Waals surface area contributed by atoms with Crippen molar-refractivity contribution in [3.8, 4) is 0 Å². The Morgan fingerprint density at radius 3 is 2.25 bits per heavy atom. The van der Waals surface area contributed by atoms with Crippen molar-refractivity contribution >= 4 is 0 Å². The Morgan fingerprint density at radius 1 is 1.42 bits per heavy atom. The summed E-state index contributed by atoms with van der Waals surface area (Å²) in [6, 6.07) is 0. The summed E-state index contributed by atoms with van der Waals surface area (Å²) in [5, 5.41) is 8.85. The number of hydrogen-bond acceptors (Lipinski definition) is 2. The summed E-state index contributed by atoms with van der Waals surface area (Å²) in [7, 11) is 0. The highest BCUT2D eigenvalue weighted by Gasteiger charge is 2.20. The van der Waals surface area contributed by atoms with E-state index in [1.54, 1.807) is 0 Å². The number of nitrogens with one attached hydrogen (secondary N) is 1. The van der Waals surface area contributed by atoms with E-state index in [2.05, 4.69) is 30.7 Å². The number of aromatic amines is 1. The predicted octanol–water partition coefficient (Wildman–Crippen LogP) is 1.51. The Morgan fingerprint density at radius 2 is 2.00 bits per heavy atom. The number of aliphatic hydroxyl groups excluding tert-OH is 1. The molecule has 0 amide bonds. The van der Waals surface area contributed by atoms with E-state index in [9.17, 15) is 0 Å². The van der Waals surface area contributed by atoms with Crippen LogP contribution >= 0.6 is 0 Å². The summed E-state index contributed by atoms with van der Waals surface area (Å²) in [5.41, 5.74) is 2.13. The number of rotatable bonds is 1. The van der Waals surface area contributed by atoms with Crippen molar-refractivity contribution in [1.82, 2.24) is 9.97 Å². The molecule has 1 aromatic rings. The van der Waals surface area contributed by atoms with Gasteiger partial charge in [-0.15, -0.1) is 0 Å². The highest BCUT2D eigenvalue weighted by atomic mass is 16.3. The molecule has 1 aromatic heterocycles. The number of nitrogens with zero attached hydrogens (tertiary/aromatic N) is 1. The first-order chi connectivity index (χ1) is 5.45. The fraction of sp³-hybridized carbons (Fsp3) is 0.667. The molecule has 0 aliphatic carbocycles. The molecule has 12 heavy (non-hydrogen) atoms. The topological polar surface area (TPSA) is 48.9 Å². The maximum absolute atomic E-state index is 8.85. The summed E-state index contributed by atoms with van der Waals surface area (Å²) in [6.07, 6.45) is 0. The smallest absolute Gasteiger partial charge is 0.132 e. The summed E-state index contributed by atoms with van der Waals surface area (Å²) < 4.78 is 0. The normalized spacial score (nSPS) is 12.1. The van der Waals surface area contributed by atoms with Crippen LogP contribution in [0.25, 0.3) is 0 Å². The summed E-state index contributed by atoms with van der Waals surface area (Å²) in [4.78, 5) is 7.33. The molecule has 0 aromatic carbocycles. The zero-order valence-corrected chi connectivity index (χ0v) is 8.10. The van der Waals surface area contributed by atoms with E-state index < -0.39 is 0 Å². The minimum Gasteiger partial charge on any atom is -0.388 e. The highest BCUT2D eigenvalue weighted by Crippen LogP contribution is 2.23. The molecule has 68 valence electrons. The van der Waals surface area contributed by atoms with E-state index in [4.69, 9.17) is 5.11 Å². The van der Waals surface area contributed by atoms with E-state index in [1.165, 1.54) is 0 Å². The summed E-state index contributed by atoms with van der Waals surface area (Å²) >= 11 is 0. The lowest BCUT2D eigenvalue weighted by molar-refractivity contribution is 0.272. The lowest BCUT2D eigenvalue weighted by atomic mass is 9.91. The molecule has 0 saturated heterocycles. The van der Waals surface area contributed by atoms with E-state index in [-0.39, 0.29) is 12.0 Å². The van der Waals surface area contributed by atoms with Crippen LogP contribution in [0.3, 0.4) is 0 Å². The molecule has 0 unspecified atom stereocenters. The number of imidazole rings is 1. The van der Waals surface area contributed by atoms with Gasteiger partial charge in [0, 0.05) is 11.1 Å². The highest BCUT2D eigenvalue weighted by molar-refractivity contribution is 5.20. The van der Waals surface area contributed by atoms with E-state index in [0.29, 0.717) is 5.82 Å². The average Bonchev–Trinajstić information content (AvgIpc) is 2.29. The van der Waals surface area contributed by atoms with Gasteiger partial charge in [0.2, 0.25) is 0 Å². The minimum atomic E-state index is -0.0169. The van der Waals surface area contributed by atoms with Crippen LogP contribution in [0.1, 0.15) is 38.0 Å². The van der Waals surface area contributed by atoms with Crippen LogP contribution in [-0.2, 0) is 12.0 Å². The van der Waals surface area contributed by atoms with Crippen molar-refractivity contribution in [2.45, 2.75) is 39.7 Å². The van der Waals surface area contributed by atoms with Crippen LogP contribution in [0.5, 0.6) is 0 Å². The molecule has 1 heterocycles. The van der Waals surface area contributed by atoms with Crippen molar-refractivity contribution in [2.75, 3.05) is 0 Å². The van der Waals surface area contributed by atoms with Crippen LogP contribution in [-0.4, -0.2) is 15.1 Å². The van der Waals surface area contributed by atoms with Crippen molar-refractivity contribution in [1.29, 1.82) is 0 Å². The largest absolute Gasteiger partial charge is 0.388 e. The first kappa shape index (κ1) is 9.26. The van der Waals surface area contributed by atoms with E-state index in [0.717, 1.165) is 11.4 Å². The third kappa shape index (κ3) is 1.67. The van der Waals surface area contributed by atoms with Gasteiger partial charge in [0.05, 0.1) is 5.69 Å². The molecule has 3 heteroatoms. The first-order valence-corrected chi connectivity index (χ1v) is 4.12. The second-order valence-electron chi connectivity index (χ2n) is 4.07. The standard InChI is InChI=1S/C9H16N2O/c1-6-8(9(2,3)4)11-7(5-12)10-6/h12H,5H2,1-4H3,(H,10,11). The lowest BCUT2D eigenvalue weighted by Gasteiger charge is -2.15. The summed E-state index contributed by atoms with van der Waals surface area (Å²) in [6.45, 7) is 8.29. The van der Waals surface area contributed by atoms with Gasteiger partial charge in [-0.25, -0.2) is 4.98 Å². The average molecular weight is 168 g/mol. The van der Waals surface area contributed by atoms with Gasteiger partial charge in [0.15, 0.2) is 0 Å². The van der Waals surface area contributed by atoms with Gasteiger partial charge in [0.1, 0.15) is 12.4 Å². The molecular weight excluding hydrogens is 152 g/mol. The second kappa shape index (κ2) is 2.90. The van der Waals surface area contributed by atoms with Crippen molar-refractivity contribution in [3.05, 3.63) is 17.2 Å². The second-order valence-corrected chi connectivity index (χ2v) is 4.07. The SMILES string of the molecule is Cc1[nH]c(CO)nc1C(C)(C)C. The Bertz CT molecular complexity index is 271. The molecule has 0 aliphatic rings. The third-order valence-electron chi connectivity index (χ3n) is 1.79. The van der Waals surface area contributed by atoms with Crippen molar-refractivity contribution in [2.24, 2.45) is 0 Å². The van der Waals surface area contributed by atoms with Crippen LogP contribution in [0.2, 0.25) is 0 Å². The minimum absolute atomic E-state index is 0.0169. The molecule has 2 N–H and O–H groups in total. The van der Waals surface area contributed by atoms with Gasteiger partial charge in [0.25, 0.3) is 0 Å². The zero-order chi connectivity index (χ0) is 9.35. The fourth-order valence-electron chi connectivity index (χ4n) is 1.33. The van der Waals surface area contributed by atoms with Gasteiger partial charge in [-0.2, -0.15) is 0 Å². The van der Waals surface area contributed by atoms with E-state index >= 15 is 0 Å². The van der Waals surface area contributed by atoms with Gasteiger partial charge in [-0.1, -0.05) is 20.8 Å². The maximum atomic E-state index is 8.85. The number of hydrogen-bond donors (Lipinski definition) is 2. The number of H-pyrrole nitrogens is 1. The van der Waals surface area contributed by atoms with Gasteiger partial charge >= 0.3 is 0 Å². The van der Waals surface area contributed by atoms with E-state index in [1.807, 2.05) is 6.92 Å². The Balaban J connectivity index is 3.08. The molecule has 1 rings (SSSR count). The molecule has 0 fully saturated rings. The Kier molecular flexibility index (Phi) is 2.24. The fourth-order valence-corrected chi connectivity index (χ4v) is 1.33. The molecule has 0 aliphatic heterocycles. The lowest BCUT2D eigenvalue weighted by Crippen LogP contribution is -2.13. The number of aryl methyl sites for hydroxylation is 1. The molecule has 0 atom stereocenters. The monoisotopic (exact) mass is 168 g/mol. The molecular formula is C9H16N2O. The third-order valence-corrected chi connectivity index (χ3v) is 1.79. The van der Waals surface area contributed by atoms with Gasteiger partial charge in [-0.05, 0) is 6.92 Å². The van der Waals surface area contributed by atoms with Gasteiger partial charge < -0.3 is 10.1 Å². The molecule has 0 spiro atoms. The molecule has 0 bridgehead atoms. The summed E-state index contributed by atoms with van der Waals surface area (Å²) in [5.74, 6) is 0.650. The zero-order valence-electron chi connectivity index (χ0n) is 8.10. The Labute approximate surface area is 72.8 Å². The van der Waals surface area contributed by atoms with Gasteiger partial charge in [-0.3, -0.25) is 0 Å². The van der Waals surface area contributed by atoms with Crippen molar-refractivity contribution in [3.63, 3.8) is 0 Å². The molecule has 0 saturated carbocycles. The van der Waals surface area contributed by atoms with Crippen LogP contribution in [0, 0.1) is 6.92 Å². The molecule has 3 nitrogen and oxygen atoms in total. The Hall–Kier alpha value is -0.830. The predicted molar refractivity (Wildman–Crippen MR) is 47.9 cm³/mol. The first-order valence-electron chi connectivity index (χ1n) is 4.12. The van der Waals surface area contributed by atoms with Crippen molar-refractivity contribution < 1.29 is 5.11 Å². The van der Waals surface area contributed by atoms with Crippen LogP contribution in [0.4, 0.5) is 0 Å². The molecule has 0 radical (unpaired) electrons. The van der Waals surface area contributed by atoms with Crippen LogP contribution in [0.15, 0.2) is 0 Å². The van der Waals surface area contributed by atoms with Crippen LogP contribution < -0.4 is 0 Å². The maximum Gasteiger partial charge on any atom is 0.132 e.